The van der Waals surface area contributed by atoms with E-state index in [2.05, 4.69) is 0 Å². The van der Waals surface area contributed by atoms with Crippen LogP contribution < -0.4 is 0 Å². The first-order chi connectivity index (χ1) is 11.2. The highest BCUT2D eigenvalue weighted by atomic mass is 16.3. The first kappa shape index (κ1) is 14.6. The lowest BCUT2D eigenvalue weighted by molar-refractivity contribution is 0.0811. The summed E-state index contributed by atoms with van der Waals surface area (Å²) >= 11 is 0. The van der Waals surface area contributed by atoms with Gasteiger partial charge in [-0.05, 0) is 24.1 Å². The Balaban J connectivity index is 2.14. The SMILES string of the molecule is Cc1coc2c1C(=O)C(=O)c1c-2ccc2c1C(=O)C(O)=CC2(C)C. The van der Waals surface area contributed by atoms with E-state index in [4.69, 9.17) is 4.42 Å². The number of hydrogen-bond donors (Lipinski definition) is 1. The minimum atomic E-state index is -0.738. The Morgan fingerprint density at radius 3 is 2.33 bits per heavy atom. The van der Waals surface area contributed by atoms with E-state index in [1.165, 1.54) is 12.3 Å². The average Bonchev–Trinajstić information content (AvgIpc) is 2.91. The van der Waals surface area contributed by atoms with E-state index < -0.39 is 28.5 Å². The van der Waals surface area contributed by atoms with Crippen LogP contribution in [0.5, 0.6) is 0 Å². The highest BCUT2D eigenvalue weighted by Crippen LogP contribution is 2.43. The van der Waals surface area contributed by atoms with Crippen LogP contribution in [0.2, 0.25) is 0 Å². The number of carbonyl (C=O) groups excluding carboxylic acids is 3. The van der Waals surface area contributed by atoms with Gasteiger partial charge in [0.15, 0.2) is 5.76 Å². The summed E-state index contributed by atoms with van der Waals surface area (Å²) in [6.07, 6.45) is 2.88. The third kappa shape index (κ3) is 1.61. The predicted octanol–water partition coefficient (Wildman–Crippen LogP) is 3.55. The Morgan fingerprint density at radius 2 is 1.62 bits per heavy atom. The average molecular weight is 322 g/mol. The number of allylic oxidation sites excluding steroid dienone is 2. The second kappa shape index (κ2) is 4.32. The fourth-order valence-corrected chi connectivity index (χ4v) is 3.57. The lowest BCUT2D eigenvalue weighted by Gasteiger charge is -2.30. The maximum absolute atomic E-state index is 12.7. The maximum Gasteiger partial charge on any atom is 0.237 e. The van der Waals surface area contributed by atoms with Gasteiger partial charge in [-0.25, -0.2) is 0 Å². The zero-order valence-electron chi connectivity index (χ0n) is 13.4. The topological polar surface area (TPSA) is 84.6 Å². The number of aliphatic hydroxyl groups excluding tert-OH is 1. The molecule has 1 aromatic carbocycles. The minimum Gasteiger partial charge on any atom is -0.504 e. The second-order valence-corrected chi connectivity index (χ2v) is 6.77. The van der Waals surface area contributed by atoms with E-state index in [9.17, 15) is 19.5 Å². The van der Waals surface area contributed by atoms with Crippen molar-refractivity contribution in [2.75, 3.05) is 0 Å². The molecule has 0 saturated carbocycles. The number of aliphatic hydroxyl groups is 1. The number of furan rings is 1. The smallest absolute Gasteiger partial charge is 0.237 e. The molecule has 5 nitrogen and oxygen atoms in total. The van der Waals surface area contributed by atoms with Crippen LogP contribution in [0.15, 0.2) is 34.6 Å². The van der Waals surface area contributed by atoms with Gasteiger partial charge < -0.3 is 9.52 Å². The molecule has 1 aromatic heterocycles. The Hall–Kier alpha value is -2.95. The second-order valence-electron chi connectivity index (χ2n) is 6.77. The van der Waals surface area contributed by atoms with Gasteiger partial charge >= 0.3 is 0 Å². The quantitative estimate of drug-likeness (QED) is 0.750. The molecule has 2 aromatic rings. The summed E-state index contributed by atoms with van der Waals surface area (Å²) in [5, 5.41) is 10.0. The molecule has 1 N–H and O–H groups in total. The number of fused-ring (bicyclic) bond motifs is 5. The molecule has 0 unspecified atom stereocenters. The molecular formula is C19H14O5. The molecule has 4 rings (SSSR count). The fraction of sp³-hybridized carbons (Fsp3) is 0.211. The van der Waals surface area contributed by atoms with Crippen molar-refractivity contribution >= 4 is 17.3 Å². The van der Waals surface area contributed by atoms with Gasteiger partial charge in [-0.3, -0.25) is 14.4 Å². The van der Waals surface area contributed by atoms with Crippen LogP contribution in [0, 0.1) is 6.92 Å². The molecule has 0 fully saturated rings. The van der Waals surface area contributed by atoms with E-state index in [-0.39, 0.29) is 16.7 Å². The number of aryl methyl sites for hydroxylation is 1. The van der Waals surface area contributed by atoms with Crippen molar-refractivity contribution < 1.29 is 23.9 Å². The Morgan fingerprint density at radius 1 is 0.958 bits per heavy atom. The zero-order chi connectivity index (χ0) is 17.4. The van der Waals surface area contributed by atoms with Crippen molar-refractivity contribution in [1.29, 1.82) is 0 Å². The lowest BCUT2D eigenvalue weighted by atomic mass is 9.71. The van der Waals surface area contributed by atoms with E-state index in [1.54, 1.807) is 19.1 Å². The van der Waals surface area contributed by atoms with E-state index in [1.807, 2.05) is 13.8 Å². The van der Waals surface area contributed by atoms with Crippen molar-refractivity contribution in [3.05, 3.63) is 58.0 Å². The molecule has 0 saturated heterocycles. The molecule has 1 heterocycles. The maximum atomic E-state index is 12.7. The molecule has 0 radical (unpaired) electrons. The molecule has 0 bridgehead atoms. The van der Waals surface area contributed by atoms with Gasteiger partial charge in [0, 0.05) is 22.1 Å². The van der Waals surface area contributed by atoms with Crippen LogP contribution in [0.25, 0.3) is 11.3 Å². The highest BCUT2D eigenvalue weighted by molar-refractivity contribution is 6.54. The van der Waals surface area contributed by atoms with Gasteiger partial charge in [0.1, 0.15) is 5.76 Å². The normalized spacial score (nSPS) is 18.0. The summed E-state index contributed by atoms with van der Waals surface area (Å²) < 4.78 is 5.48. The van der Waals surface area contributed by atoms with Gasteiger partial charge in [-0.1, -0.05) is 26.0 Å². The molecular weight excluding hydrogens is 308 g/mol. The van der Waals surface area contributed by atoms with Crippen molar-refractivity contribution in [2.45, 2.75) is 26.2 Å². The van der Waals surface area contributed by atoms with Crippen LogP contribution in [0.4, 0.5) is 0 Å². The molecule has 0 atom stereocenters. The summed E-state index contributed by atoms with van der Waals surface area (Å²) in [6, 6.07) is 3.45. The number of carbonyl (C=O) groups is 3. The number of Topliss-reactive ketones (excluding diaryl/α,β-unsaturated/α-hetero) is 3. The first-order valence-electron chi connectivity index (χ1n) is 7.55. The van der Waals surface area contributed by atoms with Crippen molar-refractivity contribution in [2.24, 2.45) is 0 Å². The molecule has 0 spiro atoms. The Bertz CT molecular complexity index is 1000. The molecule has 0 aliphatic heterocycles. The van der Waals surface area contributed by atoms with Gasteiger partial charge in [-0.2, -0.15) is 0 Å². The third-order valence-electron chi connectivity index (χ3n) is 4.74. The molecule has 24 heavy (non-hydrogen) atoms. The van der Waals surface area contributed by atoms with Crippen LogP contribution in [0.3, 0.4) is 0 Å². The standard InChI is InChI=1S/C19H14O5/c1-8-7-24-18-9-4-5-10-14(13(9)17(23)16(22)12(8)18)15(21)11(20)6-19(10,2)3/h4-7,20H,1-3H3. The summed E-state index contributed by atoms with van der Waals surface area (Å²) in [4.78, 5) is 37.8. The van der Waals surface area contributed by atoms with E-state index in [0.29, 0.717) is 22.5 Å². The lowest BCUT2D eigenvalue weighted by Crippen LogP contribution is -2.31. The summed E-state index contributed by atoms with van der Waals surface area (Å²) in [7, 11) is 0. The monoisotopic (exact) mass is 322 g/mol. The molecule has 0 amide bonds. The van der Waals surface area contributed by atoms with Crippen molar-refractivity contribution in [3.8, 4) is 11.3 Å². The largest absolute Gasteiger partial charge is 0.504 e. The van der Waals surface area contributed by atoms with Crippen LogP contribution >= 0.6 is 0 Å². The zero-order valence-corrected chi connectivity index (χ0v) is 13.4. The van der Waals surface area contributed by atoms with Crippen molar-refractivity contribution in [1.82, 2.24) is 0 Å². The number of hydrogen-bond acceptors (Lipinski definition) is 5. The fourth-order valence-electron chi connectivity index (χ4n) is 3.57. The Labute approximate surface area is 137 Å². The van der Waals surface area contributed by atoms with Crippen molar-refractivity contribution in [3.63, 3.8) is 0 Å². The number of benzene rings is 1. The summed E-state index contributed by atoms with van der Waals surface area (Å²) in [5.74, 6) is -2.18. The molecule has 2 aliphatic carbocycles. The van der Waals surface area contributed by atoms with Crippen LogP contribution in [0.1, 0.15) is 56.0 Å². The summed E-state index contributed by atoms with van der Waals surface area (Å²) in [6.45, 7) is 5.36. The first-order valence-corrected chi connectivity index (χ1v) is 7.55. The van der Waals surface area contributed by atoms with Gasteiger partial charge in [0.2, 0.25) is 17.3 Å². The van der Waals surface area contributed by atoms with E-state index >= 15 is 0 Å². The van der Waals surface area contributed by atoms with E-state index in [0.717, 1.165) is 0 Å². The molecule has 2 aliphatic rings. The van der Waals surface area contributed by atoms with Gasteiger partial charge in [-0.15, -0.1) is 0 Å². The minimum absolute atomic E-state index is 0.0251. The van der Waals surface area contributed by atoms with Crippen LogP contribution in [-0.4, -0.2) is 22.5 Å². The van der Waals surface area contributed by atoms with Gasteiger partial charge in [0.05, 0.1) is 11.8 Å². The van der Waals surface area contributed by atoms with Gasteiger partial charge in [0.25, 0.3) is 0 Å². The number of ketones is 3. The number of rotatable bonds is 0. The molecule has 120 valence electrons. The third-order valence-corrected chi connectivity index (χ3v) is 4.74. The Kier molecular flexibility index (Phi) is 2.63. The summed E-state index contributed by atoms with van der Waals surface area (Å²) in [5.41, 5.74) is 1.34. The highest BCUT2D eigenvalue weighted by Gasteiger charge is 2.42. The molecule has 5 heteroatoms. The van der Waals surface area contributed by atoms with Crippen LogP contribution in [-0.2, 0) is 5.41 Å². The predicted molar refractivity (Wildman–Crippen MR) is 85.6 cm³/mol.